The van der Waals surface area contributed by atoms with Gasteiger partial charge in [0, 0.05) is 41.3 Å². The molecule has 2 heterocycles. The fraction of sp³-hybridized carbons (Fsp3) is 0.222. The second kappa shape index (κ2) is 5.06. The summed E-state index contributed by atoms with van der Waals surface area (Å²) < 4.78 is 1.03. The van der Waals surface area contributed by atoms with Crippen molar-refractivity contribution in [1.82, 2.24) is 19.9 Å². The third kappa shape index (κ3) is 3.15. The molecule has 0 aromatic carbocycles. The second-order valence-electron chi connectivity index (χ2n) is 2.94. The van der Waals surface area contributed by atoms with Gasteiger partial charge in [-0.15, -0.1) is 0 Å². The van der Waals surface area contributed by atoms with Gasteiger partial charge in [-0.25, -0.2) is 15.0 Å². The Morgan fingerprint density at radius 1 is 1.27 bits per heavy atom. The van der Waals surface area contributed by atoms with Crippen molar-refractivity contribution in [3.8, 4) is 0 Å². The molecule has 0 atom stereocenters. The lowest BCUT2D eigenvalue weighted by molar-refractivity contribution is 0.912. The van der Waals surface area contributed by atoms with E-state index in [0.29, 0.717) is 5.95 Å². The van der Waals surface area contributed by atoms with Crippen LogP contribution in [0.15, 0.2) is 24.8 Å². The highest BCUT2D eigenvalue weighted by Crippen LogP contribution is 2.02. The van der Waals surface area contributed by atoms with Crippen LogP contribution >= 0.6 is 22.6 Å². The number of nitrogens with one attached hydrogen (secondary N) is 2. The first-order valence-electron chi connectivity index (χ1n) is 4.54. The van der Waals surface area contributed by atoms with E-state index in [1.807, 2.05) is 6.20 Å². The van der Waals surface area contributed by atoms with E-state index in [0.717, 1.165) is 22.4 Å². The van der Waals surface area contributed by atoms with Crippen LogP contribution in [0.3, 0.4) is 0 Å². The fourth-order valence-electron chi connectivity index (χ4n) is 1.13. The molecule has 2 N–H and O–H groups in total. The van der Waals surface area contributed by atoms with Crippen LogP contribution in [0.5, 0.6) is 0 Å². The molecular formula is C9H10IN5. The fourth-order valence-corrected chi connectivity index (χ4v) is 1.41. The Morgan fingerprint density at radius 2 is 2.07 bits per heavy atom. The number of H-pyrrole nitrogens is 1. The van der Waals surface area contributed by atoms with Gasteiger partial charge < -0.3 is 10.3 Å². The summed E-state index contributed by atoms with van der Waals surface area (Å²) in [6, 6.07) is 0. The first-order valence-corrected chi connectivity index (χ1v) is 5.62. The number of nitrogens with zero attached hydrogens (tertiary/aromatic N) is 3. The summed E-state index contributed by atoms with van der Waals surface area (Å²) in [6.07, 6.45) is 7.96. The van der Waals surface area contributed by atoms with Crippen molar-refractivity contribution in [2.45, 2.75) is 6.42 Å². The SMILES string of the molecule is Ic1cnc(NCCc2ncc[nH]2)nc1. The quantitative estimate of drug-likeness (QED) is 0.838. The zero-order valence-electron chi connectivity index (χ0n) is 7.94. The van der Waals surface area contributed by atoms with E-state index < -0.39 is 0 Å². The zero-order chi connectivity index (χ0) is 10.5. The molecular weight excluding hydrogens is 305 g/mol. The van der Waals surface area contributed by atoms with Gasteiger partial charge in [0.25, 0.3) is 0 Å². The number of imidazole rings is 1. The lowest BCUT2D eigenvalue weighted by Gasteiger charge is -2.02. The summed E-state index contributed by atoms with van der Waals surface area (Å²) in [5, 5.41) is 3.12. The molecule has 0 amide bonds. The van der Waals surface area contributed by atoms with Crippen molar-refractivity contribution in [3.63, 3.8) is 0 Å². The topological polar surface area (TPSA) is 66.5 Å². The Kier molecular flexibility index (Phi) is 3.49. The maximum absolute atomic E-state index is 4.14. The van der Waals surface area contributed by atoms with E-state index in [1.165, 1.54) is 0 Å². The van der Waals surface area contributed by atoms with Crippen LogP contribution < -0.4 is 5.32 Å². The summed E-state index contributed by atoms with van der Waals surface area (Å²) >= 11 is 2.17. The maximum atomic E-state index is 4.14. The number of rotatable bonds is 4. The predicted octanol–water partition coefficient (Wildman–Crippen LogP) is 1.46. The molecule has 0 spiro atoms. The van der Waals surface area contributed by atoms with Crippen molar-refractivity contribution in [2.75, 3.05) is 11.9 Å². The Morgan fingerprint density at radius 3 is 2.73 bits per heavy atom. The van der Waals surface area contributed by atoms with Crippen molar-refractivity contribution < 1.29 is 0 Å². The Balaban J connectivity index is 1.81. The summed E-state index contributed by atoms with van der Waals surface area (Å²) in [5.74, 6) is 1.62. The number of anilines is 1. The predicted molar refractivity (Wildman–Crippen MR) is 65.5 cm³/mol. The standard InChI is InChI=1S/C9H10IN5/c10-7-5-14-9(15-6-7)13-2-1-8-11-3-4-12-8/h3-6H,1-2H2,(H,11,12)(H,13,14,15). The second-order valence-corrected chi connectivity index (χ2v) is 4.18. The van der Waals surface area contributed by atoms with Gasteiger partial charge in [-0.3, -0.25) is 0 Å². The van der Waals surface area contributed by atoms with Crippen molar-refractivity contribution in [1.29, 1.82) is 0 Å². The lowest BCUT2D eigenvalue weighted by atomic mass is 10.4. The molecule has 0 aliphatic carbocycles. The molecule has 0 bridgehead atoms. The average molecular weight is 315 g/mol. The summed E-state index contributed by atoms with van der Waals surface area (Å²) in [7, 11) is 0. The third-order valence-corrected chi connectivity index (χ3v) is 2.38. The van der Waals surface area contributed by atoms with Crippen LogP contribution in [0.25, 0.3) is 0 Å². The molecule has 15 heavy (non-hydrogen) atoms. The van der Waals surface area contributed by atoms with Crippen LogP contribution in [0.4, 0.5) is 5.95 Å². The van der Waals surface area contributed by atoms with E-state index in [2.05, 4.69) is 47.8 Å². The maximum Gasteiger partial charge on any atom is 0.222 e. The molecule has 78 valence electrons. The largest absolute Gasteiger partial charge is 0.354 e. The van der Waals surface area contributed by atoms with E-state index in [9.17, 15) is 0 Å². The van der Waals surface area contributed by atoms with Crippen molar-refractivity contribution in [3.05, 3.63) is 34.2 Å². The number of aromatic nitrogens is 4. The van der Waals surface area contributed by atoms with Crippen LogP contribution in [0, 0.1) is 3.57 Å². The van der Waals surface area contributed by atoms with Gasteiger partial charge in [0.05, 0.1) is 0 Å². The van der Waals surface area contributed by atoms with Crippen molar-refractivity contribution in [2.24, 2.45) is 0 Å². The smallest absolute Gasteiger partial charge is 0.222 e. The van der Waals surface area contributed by atoms with Gasteiger partial charge in [0.1, 0.15) is 5.82 Å². The number of hydrogen-bond donors (Lipinski definition) is 2. The van der Waals surface area contributed by atoms with E-state index in [4.69, 9.17) is 0 Å². The molecule has 0 aliphatic heterocycles. The zero-order valence-corrected chi connectivity index (χ0v) is 10.1. The molecule has 2 rings (SSSR count). The minimum atomic E-state index is 0.655. The average Bonchev–Trinajstić information content (AvgIpc) is 2.74. The molecule has 0 radical (unpaired) electrons. The highest BCUT2D eigenvalue weighted by atomic mass is 127. The molecule has 0 saturated heterocycles. The lowest BCUT2D eigenvalue weighted by Crippen LogP contribution is -2.08. The molecule has 6 heteroatoms. The van der Waals surface area contributed by atoms with E-state index in [1.54, 1.807) is 18.6 Å². The Bertz CT molecular complexity index is 397. The van der Waals surface area contributed by atoms with Crippen LogP contribution in [-0.2, 0) is 6.42 Å². The first kappa shape index (κ1) is 10.3. The molecule has 2 aromatic heterocycles. The highest BCUT2D eigenvalue weighted by molar-refractivity contribution is 14.1. The molecule has 0 fully saturated rings. The first-order chi connectivity index (χ1) is 7.34. The minimum Gasteiger partial charge on any atom is -0.354 e. The van der Waals surface area contributed by atoms with Gasteiger partial charge in [-0.05, 0) is 22.6 Å². The van der Waals surface area contributed by atoms with Gasteiger partial charge in [-0.1, -0.05) is 0 Å². The Hall–Kier alpha value is -1.18. The Labute approximate surface area is 101 Å². The minimum absolute atomic E-state index is 0.655. The number of hydrogen-bond acceptors (Lipinski definition) is 4. The van der Waals surface area contributed by atoms with Crippen LogP contribution in [0.2, 0.25) is 0 Å². The van der Waals surface area contributed by atoms with Gasteiger partial charge in [-0.2, -0.15) is 0 Å². The van der Waals surface area contributed by atoms with Gasteiger partial charge in [0.2, 0.25) is 5.95 Å². The molecule has 0 unspecified atom stereocenters. The van der Waals surface area contributed by atoms with E-state index in [-0.39, 0.29) is 0 Å². The highest BCUT2D eigenvalue weighted by Gasteiger charge is 1.97. The summed E-state index contributed by atoms with van der Waals surface area (Å²) in [4.78, 5) is 15.4. The molecule has 5 nitrogen and oxygen atoms in total. The third-order valence-electron chi connectivity index (χ3n) is 1.82. The number of aromatic amines is 1. The summed E-state index contributed by atoms with van der Waals surface area (Å²) in [6.45, 7) is 0.772. The van der Waals surface area contributed by atoms with Gasteiger partial charge in [0.15, 0.2) is 0 Å². The van der Waals surface area contributed by atoms with Crippen molar-refractivity contribution >= 4 is 28.5 Å². The normalized spacial score (nSPS) is 10.2. The van der Waals surface area contributed by atoms with E-state index >= 15 is 0 Å². The summed E-state index contributed by atoms with van der Waals surface area (Å²) in [5.41, 5.74) is 0. The molecule has 0 saturated carbocycles. The van der Waals surface area contributed by atoms with Crippen LogP contribution in [0.1, 0.15) is 5.82 Å². The van der Waals surface area contributed by atoms with Gasteiger partial charge >= 0.3 is 0 Å². The number of halogens is 1. The molecule has 2 aromatic rings. The van der Waals surface area contributed by atoms with Crippen LogP contribution in [-0.4, -0.2) is 26.5 Å². The monoisotopic (exact) mass is 315 g/mol. The molecule has 0 aliphatic rings.